The molecule has 0 radical (unpaired) electrons. The lowest BCUT2D eigenvalue weighted by atomic mass is 10.1. The van der Waals surface area contributed by atoms with Crippen LogP contribution in [0.1, 0.15) is 19.4 Å². The number of hydrogen-bond donors (Lipinski definition) is 2. The van der Waals surface area contributed by atoms with Crippen molar-refractivity contribution in [1.82, 2.24) is 5.32 Å². The molecule has 1 aromatic carbocycles. The van der Waals surface area contributed by atoms with Gasteiger partial charge in [-0.1, -0.05) is 37.3 Å². The first-order chi connectivity index (χ1) is 7.22. The summed E-state index contributed by atoms with van der Waals surface area (Å²) in [6, 6.07) is 10.9. The molecule has 0 amide bonds. The van der Waals surface area contributed by atoms with Gasteiger partial charge in [-0.25, -0.2) is 0 Å². The summed E-state index contributed by atoms with van der Waals surface area (Å²) in [6.45, 7) is 5.36. The topological polar surface area (TPSA) is 32.3 Å². The van der Waals surface area contributed by atoms with E-state index in [9.17, 15) is 0 Å². The van der Waals surface area contributed by atoms with Crippen LogP contribution in [0.15, 0.2) is 30.3 Å². The normalized spacial score (nSPS) is 14.9. The minimum absolute atomic E-state index is 0.255. The molecule has 0 saturated heterocycles. The van der Waals surface area contributed by atoms with Crippen LogP contribution < -0.4 is 5.32 Å². The molecule has 0 spiro atoms. The van der Waals surface area contributed by atoms with E-state index in [-0.39, 0.29) is 6.61 Å². The van der Waals surface area contributed by atoms with E-state index >= 15 is 0 Å². The zero-order valence-electron chi connectivity index (χ0n) is 9.61. The molecule has 0 aliphatic heterocycles. The van der Waals surface area contributed by atoms with E-state index in [2.05, 4.69) is 36.5 Å². The number of aliphatic hydroxyl groups excluding tert-OH is 1. The fraction of sp³-hybridized carbons (Fsp3) is 0.538. The van der Waals surface area contributed by atoms with Gasteiger partial charge in [-0.05, 0) is 24.8 Å². The molecule has 2 unspecified atom stereocenters. The first-order valence-corrected chi connectivity index (χ1v) is 5.60. The minimum atomic E-state index is 0.255. The van der Waals surface area contributed by atoms with Gasteiger partial charge in [0, 0.05) is 19.2 Å². The summed E-state index contributed by atoms with van der Waals surface area (Å²) in [6.07, 6.45) is 1.04. The number of nitrogens with one attached hydrogen (secondary N) is 1. The number of rotatable bonds is 6. The summed E-state index contributed by atoms with van der Waals surface area (Å²) < 4.78 is 0. The first-order valence-electron chi connectivity index (χ1n) is 5.60. The summed E-state index contributed by atoms with van der Waals surface area (Å²) in [7, 11) is 0. The lowest BCUT2D eigenvalue weighted by molar-refractivity contribution is 0.230. The SMILES string of the molecule is CC(CO)CNC(C)Cc1ccccc1. The highest BCUT2D eigenvalue weighted by Crippen LogP contribution is 2.03. The highest BCUT2D eigenvalue weighted by atomic mass is 16.3. The van der Waals surface area contributed by atoms with Crippen molar-refractivity contribution in [2.45, 2.75) is 26.3 Å². The maximum atomic E-state index is 8.90. The van der Waals surface area contributed by atoms with Crippen LogP contribution in [0.5, 0.6) is 0 Å². The third-order valence-corrected chi connectivity index (χ3v) is 2.51. The van der Waals surface area contributed by atoms with E-state index in [4.69, 9.17) is 5.11 Å². The van der Waals surface area contributed by atoms with Crippen LogP contribution in [0.25, 0.3) is 0 Å². The largest absolute Gasteiger partial charge is 0.396 e. The van der Waals surface area contributed by atoms with Crippen molar-refractivity contribution in [2.75, 3.05) is 13.2 Å². The van der Waals surface area contributed by atoms with Crippen molar-refractivity contribution in [3.8, 4) is 0 Å². The average molecular weight is 207 g/mol. The zero-order chi connectivity index (χ0) is 11.1. The maximum Gasteiger partial charge on any atom is 0.0468 e. The van der Waals surface area contributed by atoms with Crippen LogP contribution in [-0.2, 0) is 6.42 Å². The summed E-state index contributed by atoms with van der Waals surface area (Å²) >= 11 is 0. The summed E-state index contributed by atoms with van der Waals surface area (Å²) in [5, 5.41) is 12.3. The van der Waals surface area contributed by atoms with Crippen LogP contribution in [-0.4, -0.2) is 24.3 Å². The molecular formula is C13H21NO. The predicted octanol–water partition coefficient (Wildman–Crippen LogP) is 1.84. The number of aliphatic hydroxyl groups is 1. The van der Waals surface area contributed by atoms with Gasteiger partial charge >= 0.3 is 0 Å². The standard InChI is InChI=1S/C13H21NO/c1-11(10-15)9-14-12(2)8-13-6-4-3-5-7-13/h3-7,11-12,14-15H,8-10H2,1-2H3. The maximum absolute atomic E-state index is 8.90. The van der Waals surface area contributed by atoms with Crippen LogP contribution in [0.2, 0.25) is 0 Å². The van der Waals surface area contributed by atoms with E-state index < -0.39 is 0 Å². The molecule has 0 bridgehead atoms. The summed E-state index contributed by atoms with van der Waals surface area (Å²) in [5.41, 5.74) is 1.36. The van der Waals surface area contributed by atoms with Crippen molar-refractivity contribution in [3.63, 3.8) is 0 Å². The van der Waals surface area contributed by atoms with Crippen LogP contribution in [0, 0.1) is 5.92 Å². The van der Waals surface area contributed by atoms with E-state index in [1.807, 2.05) is 13.0 Å². The van der Waals surface area contributed by atoms with Gasteiger partial charge in [0.25, 0.3) is 0 Å². The molecule has 2 atom stereocenters. The molecule has 84 valence electrons. The van der Waals surface area contributed by atoms with Crippen molar-refractivity contribution in [3.05, 3.63) is 35.9 Å². The molecule has 1 aromatic rings. The summed E-state index contributed by atoms with van der Waals surface area (Å²) in [4.78, 5) is 0. The Morgan fingerprint density at radius 1 is 1.20 bits per heavy atom. The molecule has 2 N–H and O–H groups in total. The predicted molar refractivity (Wildman–Crippen MR) is 63.9 cm³/mol. The van der Waals surface area contributed by atoms with Gasteiger partial charge in [-0.3, -0.25) is 0 Å². The monoisotopic (exact) mass is 207 g/mol. The lowest BCUT2D eigenvalue weighted by Gasteiger charge is -2.16. The van der Waals surface area contributed by atoms with Gasteiger partial charge in [0.2, 0.25) is 0 Å². The zero-order valence-corrected chi connectivity index (χ0v) is 9.61. The van der Waals surface area contributed by atoms with Crippen LogP contribution in [0.3, 0.4) is 0 Å². The Hall–Kier alpha value is -0.860. The van der Waals surface area contributed by atoms with Gasteiger partial charge in [-0.2, -0.15) is 0 Å². The molecule has 0 heterocycles. The highest BCUT2D eigenvalue weighted by molar-refractivity contribution is 5.15. The first kappa shape index (κ1) is 12.2. The van der Waals surface area contributed by atoms with Crippen LogP contribution >= 0.6 is 0 Å². The Bertz CT molecular complexity index is 260. The highest BCUT2D eigenvalue weighted by Gasteiger charge is 2.05. The second-order valence-electron chi connectivity index (χ2n) is 4.29. The Kier molecular flexibility index (Phi) is 5.37. The van der Waals surface area contributed by atoms with Gasteiger partial charge in [0.1, 0.15) is 0 Å². The molecule has 0 fully saturated rings. The van der Waals surface area contributed by atoms with Crippen molar-refractivity contribution >= 4 is 0 Å². The number of hydrogen-bond acceptors (Lipinski definition) is 2. The molecule has 0 aromatic heterocycles. The van der Waals surface area contributed by atoms with E-state index in [0.29, 0.717) is 12.0 Å². The van der Waals surface area contributed by atoms with Crippen molar-refractivity contribution < 1.29 is 5.11 Å². The van der Waals surface area contributed by atoms with Gasteiger partial charge in [0.15, 0.2) is 0 Å². The van der Waals surface area contributed by atoms with Gasteiger partial charge in [-0.15, -0.1) is 0 Å². The molecule has 0 saturated carbocycles. The van der Waals surface area contributed by atoms with Crippen molar-refractivity contribution in [2.24, 2.45) is 5.92 Å². The van der Waals surface area contributed by atoms with E-state index in [1.165, 1.54) is 5.56 Å². The smallest absolute Gasteiger partial charge is 0.0468 e. The number of benzene rings is 1. The second kappa shape index (κ2) is 6.59. The summed E-state index contributed by atoms with van der Waals surface area (Å²) in [5.74, 6) is 0.336. The fourth-order valence-corrected chi connectivity index (χ4v) is 1.51. The van der Waals surface area contributed by atoms with Gasteiger partial charge < -0.3 is 10.4 Å². The average Bonchev–Trinajstić information content (AvgIpc) is 2.27. The third kappa shape index (κ3) is 4.96. The Balaban J connectivity index is 2.27. The van der Waals surface area contributed by atoms with E-state index in [1.54, 1.807) is 0 Å². The Morgan fingerprint density at radius 2 is 1.87 bits per heavy atom. The third-order valence-electron chi connectivity index (χ3n) is 2.51. The quantitative estimate of drug-likeness (QED) is 0.746. The Labute approximate surface area is 92.3 Å². The Morgan fingerprint density at radius 3 is 2.47 bits per heavy atom. The van der Waals surface area contributed by atoms with Crippen LogP contribution in [0.4, 0.5) is 0 Å². The molecule has 2 nitrogen and oxygen atoms in total. The molecule has 0 aliphatic rings. The van der Waals surface area contributed by atoms with Gasteiger partial charge in [0.05, 0.1) is 0 Å². The molecule has 15 heavy (non-hydrogen) atoms. The second-order valence-corrected chi connectivity index (χ2v) is 4.29. The molecule has 2 heteroatoms. The fourth-order valence-electron chi connectivity index (χ4n) is 1.51. The van der Waals surface area contributed by atoms with E-state index in [0.717, 1.165) is 13.0 Å². The molecule has 1 rings (SSSR count). The minimum Gasteiger partial charge on any atom is -0.396 e. The lowest BCUT2D eigenvalue weighted by Crippen LogP contribution is -2.32. The van der Waals surface area contributed by atoms with Crippen molar-refractivity contribution in [1.29, 1.82) is 0 Å². The molecular weight excluding hydrogens is 186 g/mol. The molecule has 0 aliphatic carbocycles.